The topological polar surface area (TPSA) is 44.1 Å². The van der Waals surface area contributed by atoms with Crippen LogP contribution in [0.15, 0.2) is 53.5 Å². The van der Waals surface area contributed by atoms with E-state index in [-0.39, 0.29) is 12.2 Å². The van der Waals surface area contributed by atoms with Gasteiger partial charge in [0.2, 0.25) is 0 Å². The second kappa shape index (κ2) is 7.67. The molecule has 3 rings (SSSR count). The van der Waals surface area contributed by atoms with Gasteiger partial charge in [-0.25, -0.2) is 4.98 Å². The van der Waals surface area contributed by atoms with Crippen LogP contribution < -0.4 is 10.3 Å². The van der Waals surface area contributed by atoms with Crippen molar-refractivity contribution in [2.24, 2.45) is 0 Å². The van der Waals surface area contributed by atoms with Crippen molar-refractivity contribution in [3.05, 3.63) is 64.6 Å². The van der Waals surface area contributed by atoms with Gasteiger partial charge in [0, 0.05) is 6.20 Å². The van der Waals surface area contributed by atoms with Crippen LogP contribution in [0.3, 0.4) is 0 Å². The first-order chi connectivity index (χ1) is 12.3. The minimum atomic E-state index is -0.0992. The molecule has 0 aliphatic rings. The molecule has 0 radical (unpaired) electrons. The Bertz CT molecular complexity index is 969. The van der Waals surface area contributed by atoms with Gasteiger partial charge in [-0.15, -0.1) is 6.42 Å². The Morgan fingerprint density at radius 1 is 1.20 bits per heavy atom. The van der Waals surface area contributed by atoms with Crippen molar-refractivity contribution in [2.75, 3.05) is 6.61 Å². The Morgan fingerprint density at radius 2 is 2.00 bits per heavy atom. The quantitative estimate of drug-likeness (QED) is 0.646. The Hall–Kier alpha value is -3.06. The van der Waals surface area contributed by atoms with Crippen LogP contribution >= 0.6 is 0 Å². The smallest absolute Gasteiger partial charge is 0.263 e. The van der Waals surface area contributed by atoms with E-state index in [2.05, 4.69) is 17.8 Å². The fourth-order valence-corrected chi connectivity index (χ4v) is 2.91. The van der Waals surface area contributed by atoms with Crippen molar-refractivity contribution in [1.29, 1.82) is 0 Å². The van der Waals surface area contributed by atoms with Crippen molar-refractivity contribution >= 4 is 11.0 Å². The number of aromatic nitrogens is 2. The minimum absolute atomic E-state index is 0.0992. The molecular formula is C21H20N2O2. The monoisotopic (exact) mass is 332 g/mol. The van der Waals surface area contributed by atoms with Gasteiger partial charge in [-0.1, -0.05) is 37.5 Å². The molecule has 0 bridgehead atoms. The first-order valence-corrected chi connectivity index (χ1v) is 8.42. The Balaban J connectivity index is 2.35. The van der Waals surface area contributed by atoms with Crippen LogP contribution in [0.25, 0.3) is 16.7 Å². The third-order valence-electron chi connectivity index (χ3n) is 4.07. The van der Waals surface area contributed by atoms with E-state index in [1.54, 1.807) is 10.8 Å². The van der Waals surface area contributed by atoms with E-state index >= 15 is 0 Å². The standard InChI is InChI=1S/C21H20N2O2/c1-3-5-12-18-19(25-15-4-2)17-13-9-14-22-20(17)23(21(18)24)16-10-7-6-8-11-16/h2,6-11,13-14H,3,5,12,15H2,1H3. The van der Waals surface area contributed by atoms with E-state index in [4.69, 9.17) is 11.2 Å². The molecule has 0 N–H and O–H groups in total. The van der Waals surface area contributed by atoms with Gasteiger partial charge in [0.1, 0.15) is 12.4 Å². The first-order valence-electron chi connectivity index (χ1n) is 8.42. The van der Waals surface area contributed by atoms with Crippen LogP contribution in [0.2, 0.25) is 0 Å². The molecule has 0 atom stereocenters. The van der Waals surface area contributed by atoms with Crippen LogP contribution in [-0.2, 0) is 6.42 Å². The summed E-state index contributed by atoms with van der Waals surface area (Å²) in [6, 6.07) is 13.3. The summed E-state index contributed by atoms with van der Waals surface area (Å²) in [6.07, 6.45) is 9.58. The van der Waals surface area contributed by atoms with E-state index in [1.807, 2.05) is 42.5 Å². The molecule has 2 aromatic heterocycles. The highest BCUT2D eigenvalue weighted by molar-refractivity contribution is 5.85. The van der Waals surface area contributed by atoms with Crippen molar-refractivity contribution in [2.45, 2.75) is 26.2 Å². The molecule has 2 heterocycles. The maximum atomic E-state index is 13.3. The summed E-state index contributed by atoms with van der Waals surface area (Å²) in [4.78, 5) is 17.7. The molecule has 4 heteroatoms. The number of ether oxygens (including phenoxy) is 1. The van der Waals surface area contributed by atoms with Gasteiger partial charge in [-0.05, 0) is 37.1 Å². The summed E-state index contributed by atoms with van der Waals surface area (Å²) in [7, 11) is 0. The molecule has 0 saturated heterocycles. The van der Waals surface area contributed by atoms with Crippen molar-refractivity contribution in [3.63, 3.8) is 0 Å². The number of para-hydroxylation sites is 1. The van der Waals surface area contributed by atoms with E-state index in [0.717, 1.165) is 23.9 Å². The number of hydrogen-bond donors (Lipinski definition) is 0. The molecule has 0 spiro atoms. The van der Waals surface area contributed by atoms with Gasteiger partial charge in [0.25, 0.3) is 5.56 Å². The van der Waals surface area contributed by atoms with Crippen LogP contribution in [0.4, 0.5) is 0 Å². The van der Waals surface area contributed by atoms with Gasteiger partial charge in [-0.3, -0.25) is 9.36 Å². The average molecular weight is 332 g/mol. The van der Waals surface area contributed by atoms with E-state index < -0.39 is 0 Å². The van der Waals surface area contributed by atoms with Crippen LogP contribution in [-0.4, -0.2) is 16.2 Å². The van der Waals surface area contributed by atoms with Gasteiger partial charge in [-0.2, -0.15) is 0 Å². The average Bonchev–Trinajstić information content (AvgIpc) is 2.66. The molecular weight excluding hydrogens is 312 g/mol. The van der Waals surface area contributed by atoms with Crippen molar-refractivity contribution in [1.82, 2.24) is 9.55 Å². The highest BCUT2D eigenvalue weighted by Crippen LogP contribution is 2.29. The van der Waals surface area contributed by atoms with Gasteiger partial charge < -0.3 is 4.74 Å². The Morgan fingerprint density at radius 3 is 2.72 bits per heavy atom. The number of hydrogen-bond acceptors (Lipinski definition) is 3. The minimum Gasteiger partial charge on any atom is -0.480 e. The van der Waals surface area contributed by atoms with E-state index in [0.29, 0.717) is 23.4 Å². The molecule has 0 aliphatic carbocycles. The van der Waals surface area contributed by atoms with E-state index in [1.165, 1.54) is 0 Å². The zero-order valence-corrected chi connectivity index (χ0v) is 14.2. The molecule has 0 unspecified atom stereocenters. The number of terminal acetylenes is 1. The number of fused-ring (bicyclic) bond motifs is 1. The van der Waals surface area contributed by atoms with Crippen molar-refractivity contribution in [3.8, 4) is 23.8 Å². The number of pyridine rings is 2. The van der Waals surface area contributed by atoms with Crippen LogP contribution in [0.1, 0.15) is 25.3 Å². The second-order valence-corrected chi connectivity index (χ2v) is 5.75. The maximum absolute atomic E-state index is 13.3. The van der Waals surface area contributed by atoms with Crippen molar-refractivity contribution < 1.29 is 4.74 Å². The van der Waals surface area contributed by atoms with Gasteiger partial charge >= 0.3 is 0 Å². The molecule has 126 valence electrons. The number of nitrogens with zero attached hydrogens (tertiary/aromatic N) is 2. The first kappa shape index (κ1) is 16.8. The molecule has 0 amide bonds. The lowest BCUT2D eigenvalue weighted by atomic mass is 10.1. The highest BCUT2D eigenvalue weighted by atomic mass is 16.5. The van der Waals surface area contributed by atoms with Gasteiger partial charge in [0.15, 0.2) is 5.65 Å². The zero-order chi connectivity index (χ0) is 17.6. The molecule has 3 aromatic rings. The summed E-state index contributed by atoms with van der Waals surface area (Å²) in [5.41, 5.74) is 1.92. The predicted octanol–water partition coefficient (Wildman–Crippen LogP) is 3.74. The predicted molar refractivity (Wildman–Crippen MR) is 100 cm³/mol. The molecule has 25 heavy (non-hydrogen) atoms. The lowest BCUT2D eigenvalue weighted by molar-refractivity contribution is 0.369. The molecule has 1 aromatic carbocycles. The summed E-state index contributed by atoms with van der Waals surface area (Å²) >= 11 is 0. The Kier molecular flexibility index (Phi) is 5.15. The summed E-state index contributed by atoms with van der Waals surface area (Å²) in [5.74, 6) is 3.04. The SMILES string of the molecule is C#CCOc1c(CCCC)c(=O)n(-c2ccccc2)c2ncccc12. The van der Waals surface area contributed by atoms with Crippen LogP contribution in [0.5, 0.6) is 5.75 Å². The lowest BCUT2D eigenvalue weighted by Crippen LogP contribution is -2.25. The summed E-state index contributed by atoms with van der Waals surface area (Å²) in [6.45, 7) is 2.22. The fraction of sp³-hybridized carbons (Fsp3) is 0.238. The summed E-state index contributed by atoms with van der Waals surface area (Å²) in [5, 5.41) is 0.798. The third kappa shape index (κ3) is 3.27. The lowest BCUT2D eigenvalue weighted by Gasteiger charge is -2.17. The highest BCUT2D eigenvalue weighted by Gasteiger charge is 2.19. The fourth-order valence-electron chi connectivity index (χ4n) is 2.91. The largest absolute Gasteiger partial charge is 0.480 e. The number of benzene rings is 1. The normalized spacial score (nSPS) is 10.6. The zero-order valence-electron chi connectivity index (χ0n) is 14.2. The number of rotatable bonds is 6. The molecule has 0 saturated carbocycles. The number of unbranched alkanes of at least 4 members (excludes halogenated alkanes) is 1. The summed E-state index contributed by atoms with van der Waals surface area (Å²) < 4.78 is 7.43. The molecule has 4 nitrogen and oxygen atoms in total. The van der Waals surface area contributed by atoms with E-state index in [9.17, 15) is 4.79 Å². The van der Waals surface area contributed by atoms with Crippen LogP contribution in [0, 0.1) is 12.3 Å². The third-order valence-corrected chi connectivity index (χ3v) is 4.07. The second-order valence-electron chi connectivity index (χ2n) is 5.75. The van der Waals surface area contributed by atoms with Gasteiger partial charge in [0.05, 0.1) is 16.6 Å². The molecule has 0 fully saturated rings. The maximum Gasteiger partial charge on any atom is 0.263 e. The molecule has 0 aliphatic heterocycles. The Labute approximate surface area is 147 Å².